The topological polar surface area (TPSA) is 59.4 Å². The highest BCUT2D eigenvalue weighted by Crippen LogP contribution is 2.32. The molecule has 0 spiro atoms. The highest BCUT2D eigenvalue weighted by molar-refractivity contribution is 5.93. The van der Waals surface area contributed by atoms with Crippen molar-refractivity contribution in [2.75, 3.05) is 5.32 Å². The quantitative estimate of drug-likeness (QED) is 0.143. The highest BCUT2D eigenvalue weighted by atomic mass is 19.3. The van der Waals surface area contributed by atoms with Gasteiger partial charge in [-0.1, -0.05) is 98.3 Å². The summed E-state index contributed by atoms with van der Waals surface area (Å²) in [6, 6.07) is 33.7. The first kappa shape index (κ1) is 31.2. The van der Waals surface area contributed by atoms with Gasteiger partial charge in [-0.3, -0.25) is 9.69 Å². The molecule has 1 aromatic heterocycles. The van der Waals surface area contributed by atoms with Crippen LogP contribution >= 0.6 is 0 Å². The van der Waals surface area contributed by atoms with E-state index in [1.54, 1.807) is 12.1 Å². The van der Waals surface area contributed by atoms with Gasteiger partial charge in [-0.25, -0.2) is 4.98 Å². The van der Waals surface area contributed by atoms with Crippen LogP contribution in [-0.4, -0.2) is 27.0 Å². The van der Waals surface area contributed by atoms with Crippen LogP contribution in [0.1, 0.15) is 48.6 Å². The Labute approximate surface area is 268 Å². The van der Waals surface area contributed by atoms with Crippen molar-refractivity contribution in [3.8, 4) is 28.4 Å². The summed E-state index contributed by atoms with van der Waals surface area (Å²) < 4.78 is 32.6. The molecule has 0 saturated heterocycles. The van der Waals surface area contributed by atoms with Gasteiger partial charge >= 0.3 is 6.61 Å². The number of carbonyl (C=O) groups excluding carboxylic acids is 1. The molecule has 4 aromatic carbocycles. The number of fused-ring (bicyclic) bond motifs is 1. The first-order valence-electron chi connectivity index (χ1n) is 15.8. The number of carbonyl (C=O) groups is 1. The van der Waals surface area contributed by atoms with Crippen molar-refractivity contribution in [1.82, 2.24) is 14.5 Å². The molecule has 1 amide bonds. The van der Waals surface area contributed by atoms with Gasteiger partial charge in [0.2, 0.25) is 5.91 Å². The average Bonchev–Trinajstić information content (AvgIpc) is 3.43. The van der Waals surface area contributed by atoms with Crippen LogP contribution in [0.5, 0.6) is 5.75 Å². The number of imidazole rings is 1. The largest absolute Gasteiger partial charge is 0.435 e. The second kappa shape index (κ2) is 14.5. The summed E-state index contributed by atoms with van der Waals surface area (Å²) in [5, 5.41) is 2.98. The summed E-state index contributed by atoms with van der Waals surface area (Å²) in [5.41, 5.74) is 8.33. The molecule has 6 rings (SSSR count). The molecule has 46 heavy (non-hydrogen) atoms. The Morgan fingerprint density at radius 3 is 2.22 bits per heavy atom. The number of unbranched alkanes of at least 4 members (excludes halogenated alkanes) is 1. The average molecular weight is 621 g/mol. The maximum absolute atomic E-state index is 12.8. The maximum Gasteiger partial charge on any atom is 0.387 e. The van der Waals surface area contributed by atoms with Crippen molar-refractivity contribution in [1.29, 1.82) is 0 Å². The minimum atomic E-state index is -2.87. The van der Waals surface area contributed by atoms with Gasteiger partial charge in [0, 0.05) is 49.4 Å². The van der Waals surface area contributed by atoms with E-state index in [1.807, 2.05) is 54.6 Å². The van der Waals surface area contributed by atoms with Gasteiger partial charge in [0.1, 0.15) is 11.6 Å². The van der Waals surface area contributed by atoms with Crippen molar-refractivity contribution in [2.24, 2.45) is 0 Å². The van der Waals surface area contributed by atoms with E-state index in [4.69, 9.17) is 4.98 Å². The minimum Gasteiger partial charge on any atom is -0.435 e. The van der Waals surface area contributed by atoms with E-state index in [-0.39, 0.29) is 11.7 Å². The molecule has 0 bridgehead atoms. The van der Waals surface area contributed by atoms with E-state index >= 15 is 0 Å². The number of hydrogen-bond donors (Lipinski definition) is 1. The predicted octanol–water partition coefficient (Wildman–Crippen LogP) is 8.71. The van der Waals surface area contributed by atoms with E-state index in [0.717, 1.165) is 70.1 Å². The van der Waals surface area contributed by atoms with Crippen molar-refractivity contribution >= 4 is 11.6 Å². The predicted molar refractivity (Wildman–Crippen MR) is 177 cm³/mol. The van der Waals surface area contributed by atoms with Crippen LogP contribution in [0.3, 0.4) is 0 Å². The third kappa shape index (κ3) is 7.51. The van der Waals surface area contributed by atoms with Crippen LogP contribution in [0.25, 0.3) is 22.6 Å². The number of alkyl halides is 2. The molecule has 6 nitrogen and oxygen atoms in total. The molecule has 0 radical (unpaired) electrons. The number of aryl methyl sites for hydroxylation is 1. The zero-order valence-electron chi connectivity index (χ0n) is 26.0. The fraction of sp³-hybridized carbons (Fsp3) is 0.263. The monoisotopic (exact) mass is 620 g/mol. The molecule has 1 aliphatic rings. The number of hydrogen-bond acceptors (Lipinski definition) is 4. The number of aromatic nitrogens is 2. The lowest BCUT2D eigenvalue weighted by Gasteiger charge is -2.26. The Morgan fingerprint density at radius 2 is 1.52 bits per heavy atom. The number of amides is 1. The zero-order valence-corrected chi connectivity index (χ0v) is 26.0. The van der Waals surface area contributed by atoms with Crippen LogP contribution in [0, 0.1) is 0 Å². The van der Waals surface area contributed by atoms with E-state index < -0.39 is 6.61 Å². The van der Waals surface area contributed by atoms with Gasteiger partial charge in [0.15, 0.2) is 0 Å². The molecule has 236 valence electrons. The lowest BCUT2D eigenvalue weighted by atomic mass is 10.00. The molecule has 2 heterocycles. The number of nitrogens with one attached hydrogen (secondary N) is 1. The number of halogens is 2. The first-order valence-corrected chi connectivity index (χ1v) is 15.8. The number of ether oxygens (including phenoxy) is 1. The van der Waals surface area contributed by atoms with Gasteiger partial charge in [0.05, 0.1) is 11.4 Å². The summed E-state index contributed by atoms with van der Waals surface area (Å²) in [4.78, 5) is 19.6. The number of rotatable bonds is 13. The first-order chi connectivity index (χ1) is 22.5. The van der Waals surface area contributed by atoms with Crippen molar-refractivity contribution in [3.05, 3.63) is 126 Å². The fourth-order valence-corrected chi connectivity index (χ4v) is 6.05. The van der Waals surface area contributed by atoms with Crippen molar-refractivity contribution in [2.45, 2.75) is 65.4 Å². The van der Waals surface area contributed by atoms with Crippen molar-refractivity contribution < 1.29 is 18.3 Å². The molecular formula is C38H38F2N4O2. The summed E-state index contributed by atoms with van der Waals surface area (Å²) in [5.74, 6) is 1.13. The number of benzene rings is 4. The molecule has 0 fully saturated rings. The summed E-state index contributed by atoms with van der Waals surface area (Å²) in [7, 11) is 0. The van der Waals surface area contributed by atoms with Gasteiger partial charge in [-0.05, 0) is 47.7 Å². The molecule has 0 saturated carbocycles. The minimum absolute atomic E-state index is 0.0455. The van der Waals surface area contributed by atoms with E-state index in [2.05, 4.69) is 62.8 Å². The third-order valence-corrected chi connectivity index (χ3v) is 8.29. The van der Waals surface area contributed by atoms with Gasteiger partial charge in [-0.2, -0.15) is 8.78 Å². The fourth-order valence-electron chi connectivity index (χ4n) is 6.05. The SMILES string of the molecule is CCCCn1c(-c2ccccc2)nc(-c2ccccc2)c1CN(Cc1ccc(OC(F)F)cc1)Cc1ccc2c(c1)CCC(=O)N2. The molecule has 1 N–H and O–H groups in total. The molecular weight excluding hydrogens is 582 g/mol. The van der Waals surface area contributed by atoms with E-state index in [9.17, 15) is 13.6 Å². The van der Waals surface area contributed by atoms with E-state index in [0.29, 0.717) is 32.5 Å². The number of anilines is 1. The Kier molecular flexibility index (Phi) is 9.84. The van der Waals surface area contributed by atoms with Crippen LogP contribution < -0.4 is 10.1 Å². The smallest absolute Gasteiger partial charge is 0.387 e. The van der Waals surface area contributed by atoms with Gasteiger partial charge in [-0.15, -0.1) is 0 Å². The molecule has 0 aliphatic carbocycles. The van der Waals surface area contributed by atoms with Gasteiger partial charge in [0.25, 0.3) is 0 Å². The Bertz CT molecular complexity index is 1760. The Morgan fingerprint density at radius 1 is 0.848 bits per heavy atom. The summed E-state index contributed by atoms with van der Waals surface area (Å²) in [6.45, 7) is 2.00. The van der Waals surface area contributed by atoms with Crippen LogP contribution in [0.15, 0.2) is 103 Å². The van der Waals surface area contributed by atoms with Crippen LogP contribution in [0.2, 0.25) is 0 Å². The summed E-state index contributed by atoms with van der Waals surface area (Å²) >= 11 is 0. The normalized spacial score (nSPS) is 12.8. The van der Waals surface area contributed by atoms with Gasteiger partial charge < -0.3 is 14.6 Å². The second-order valence-electron chi connectivity index (χ2n) is 11.7. The molecule has 0 atom stereocenters. The molecule has 8 heteroatoms. The van der Waals surface area contributed by atoms with Crippen LogP contribution in [-0.2, 0) is 37.4 Å². The Hall–Kier alpha value is -4.82. The maximum atomic E-state index is 12.8. The van der Waals surface area contributed by atoms with Crippen LogP contribution in [0.4, 0.5) is 14.5 Å². The molecule has 5 aromatic rings. The highest BCUT2D eigenvalue weighted by Gasteiger charge is 2.23. The lowest BCUT2D eigenvalue weighted by molar-refractivity contribution is -0.116. The Balaban J connectivity index is 1.41. The second-order valence-corrected chi connectivity index (χ2v) is 11.7. The standard InChI is InChI=1S/C38H38F2N4O2/c1-2-3-22-44-34(36(29-10-6-4-7-11-29)42-37(44)30-12-8-5-9-13-30)26-43(24-27-14-18-32(19-15-27)46-38(39)40)25-28-16-20-33-31(23-28)17-21-35(45)41-33/h4-16,18-20,23,38H,2-3,17,21-22,24-26H2,1H3,(H,41,45). The molecule has 0 unspecified atom stereocenters. The van der Waals surface area contributed by atoms with Crippen molar-refractivity contribution in [3.63, 3.8) is 0 Å². The summed E-state index contributed by atoms with van der Waals surface area (Å²) in [6.07, 6.45) is 3.25. The lowest BCUT2D eigenvalue weighted by Crippen LogP contribution is -2.25. The third-order valence-electron chi connectivity index (χ3n) is 8.29. The molecule has 1 aliphatic heterocycles. The zero-order chi connectivity index (χ0) is 31.9. The van der Waals surface area contributed by atoms with E-state index in [1.165, 1.54) is 0 Å². The number of nitrogens with zero attached hydrogens (tertiary/aromatic N) is 3.